The molecular weight excluding hydrogens is 232 g/mol. The lowest BCUT2D eigenvalue weighted by Crippen LogP contribution is -2.47. The molecule has 1 rings (SSSR count). The molecule has 18 heavy (non-hydrogen) atoms. The molecule has 6 heteroatoms. The summed E-state index contributed by atoms with van der Waals surface area (Å²) in [6.07, 6.45) is 2.07. The van der Waals surface area contributed by atoms with Crippen molar-refractivity contribution in [2.24, 2.45) is 11.1 Å². The van der Waals surface area contributed by atoms with Crippen molar-refractivity contribution < 1.29 is 9.59 Å². The summed E-state index contributed by atoms with van der Waals surface area (Å²) in [6.45, 7) is 5.43. The predicted molar refractivity (Wildman–Crippen MR) is 69.9 cm³/mol. The van der Waals surface area contributed by atoms with Gasteiger partial charge in [0.25, 0.3) is 0 Å². The zero-order valence-electron chi connectivity index (χ0n) is 11.3. The van der Waals surface area contributed by atoms with E-state index in [0.717, 1.165) is 25.9 Å². The minimum Gasteiger partial charge on any atom is -0.347 e. The van der Waals surface area contributed by atoms with Gasteiger partial charge in [-0.1, -0.05) is 6.92 Å². The zero-order valence-corrected chi connectivity index (χ0v) is 11.3. The van der Waals surface area contributed by atoms with Crippen molar-refractivity contribution in [2.45, 2.75) is 19.8 Å². The van der Waals surface area contributed by atoms with Crippen LogP contribution in [-0.4, -0.2) is 56.5 Å². The van der Waals surface area contributed by atoms with Crippen LogP contribution in [0.3, 0.4) is 0 Å². The number of likely N-dealkylation sites (tertiary alicyclic amines) is 1. The second-order valence-corrected chi connectivity index (χ2v) is 5.34. The SMILES string of the molecule is CN1CCC(C)(CNC(=O)C(=O)NCCN)CC1. The summed E-state index contributed by atoms with van der Waals surface area (Å²) < 4.78 is 0. The van der Waals surface area contributed by atoms with Gasteiger partial charge in [0.15, 0.2) is 0 Å². The van der Waals surface area contributed by atoms with Crippen LogP contribution in [0.2, 0.25) is 0 Å². The number of carbonyl (C=O) groups is 2. The van der Waals surface area contributed by atoms with Crippen molar-refractivity contribution in [3.05, 3.63) is 0 Å². The molecule has 1 fully saturated rings. The molecule has 0 aromatic rings. The molecule has 2 amide bonds. The first-order chi connectivity index (χ1) is 8.47. The minimum atomic E-state index is -0.600. The molecule has 0 aromatic heterocycles. The zero-order chi connectivity index (χ0) is 13.6. The Morgan fingerprint density at radius 1 is 1.22 bits per heavy atom. The third-order valence-electron chi connectivity index (χ3n) is 3.51. The highest BCUT2D eigenvalue weighted by Crippen LogP contribution is 2.29. The maximum atomic E-state index is 11.5. The predicted octanol–water partition coefficient (Wildman–Crippen LogP) is -1.09. The van der Waals surface area contributed by atoms with Gasteiger partial charge in [-0.05, 0) is 38.4 Å². The summed E-state index contributed by atoms with van der Waals surface area (Å²) in [7, 11) is 2.10. The van der Waals surface area contributed by atoms with Crippen LogP contribution in [-0.2, 0) is 9.59 Å². The molecule has 1 aliphatic heterocycles. The van der Waals surface area contributed by atoms with Gasteiger partial charge in [-0.25, -0.2) is 0 Å². The van der Waals surface area contributed by atoms with Crippen molar-refractivity contribution in [3.63, 3.8) is 0 Å². The van der Waals surface area contributed by atoms with Gasteiger partial charge in [-0.15, -0.1) is 0 Å². The molecule has 0 bridgehead atoms. The van der Waals surface area contributed by atoms with Crippen LogP contribution in [0.25, 0.3) is 0 Å². The molecule has 1 saturated heterocycles. The largest absolute Gasteiger partial charge is 0.347 e. The summed E-state index contributed by atoms with van der Waals surface area (Å²) in [5.41, 5.74) is 5.34. The number of hydrogen-bond donors (Lipinski definition) is 3. The number of rotatable bonds is 4. The fraction of sp³-hybridized carbons (Fsp3) is 0.833. The van der Waals surface area contributed by atoms with Gasteiger partial charge in [0.2, 0.25) is 0 Å². The quantitative estimate of drug-likeness (QED) is 0.558. The van der Waals surface area contributed by atoms with Crippen LogP contribution >= 0.6 is 0 Å². The maximum Gasteiger partial charge on any atom is 0.309 e. The van der Waals surface area contributed by atoms with E-state index in [9.17, 15) is 9.59 Å². The molecule has 0 unspecified atom stereocenters. The Morgan fingerprint density at radius 3 is 2.33 bits per heavy atom. The van der Waals surface area contributed by atoms with Gasteiger partial charge < -0.3 is 21.3 Å². The first-order valence-corrected chi connectivity index (χ1v) is 6.41. The van der Waals surface area contributed by atoms with Crippen LogP contribution in [0.5, 0.6) is 0 Å². The first kappa shape index (κ1) is 14.9. The van der Waals surface area contributed by atoms with Gasteiger partial charge in [0.1, 0.15) is 0 Å². The molecule has 1 heterocycles. The van der Waals surface area contributed by atoms with Crippen LogP contribution in [0.15, 0.2) is 0 Å². The van der Waals surface area contributed by atoms with E-state index >= 15 is 0 Å². The monoisotopic (exact) mass is 256 g/mol. The second kappa shape index (κ2) is 6.70. The number of amides is 2. The van der Waals surface area contributed by atoms with Crippen molar-refractivity contribution >= 4 is 11.8 Å². The van der Waals surface area contributed by atoms with Crippen LogP contribution in [0.4, 0.5) is 0 Å². The van der Waals surface area contributed by atoms with Gasteiger partial charge in [0.05, 0.1) is 0 Å². The molecule has 0 spiro atoms. The number of hydrogen-bond acceptors (Lipinski definition) is 4. The summed E-state index contributed by atoms with van der Waals surface area (Å²) in [5.74, 6) is -1.17. The summed E-state index contributed by atoms with van der Waals surface area (Å²) in [6, 6.07) is 0. The Kier molecular flexibility index (Phi) is 5.55. The summed E-state index contributed by atoms with van der Waals surface area (Å²) in [4.78, 5) is 25.1. The van der Waals surface area contributed by atoms with Crippen molar-refractivity contribution in [1.29, 1.82) is 0 Å². The Bertz CT molecular complexity index is 298. The number of piperidine rings is 1. The maximum absolute atomic E-state index is 11.5. The van der Waals surface area contributed by atoms with Crippen molar-refractivity contribution in [1.82, 2.24) is 15.5 Å². The standard InChI is InChI=1S/C12H24N4O2/c1-12(3-7-16(2)8-4-12)9-15-11(18)10(17)14-6-5-13/h3-9,13H2,1-2H3,(H,14,17)(H,15,18). The molecule has 0 saturated carbocycles. The number of nitrogens with one attached hydrogen (secondary N) is 2. The molecule has 0 aromatic carbocycles. The van der Waals surface area contributed by atoms with Crippen molar-refractivity contribution in [3.8, 4) is 0 Å². The van der Waals surface area contributed by atoms with Gasteiger partial charge >= 0.3 is 11.8 Å². The number of carbonyl (C=O) groups excluding carboxylic acids is 2. The topological polar surface area (TPSA) is 87.5 Å². The highest BCUT2D eigenvalue weighted by molar-refractivity contribution is 6.35. The molecule has 104 valence electrons. The Labute approximate surface area is 108 Å². The van der Waals surface area contributed by atoms with E-state index in [1.54, 1.807) is 0 Å². The van der Waals surface area contributed by atoms with E-state index in [1.165, 1.54) is 0 Å². The van der Waals surface area contributed by atoms with E-state index in [1.807, 2.05) is 0 Å². The summed E-state index contributed by atoms with van der Waals surface area (Å²) in [5, 5.41) is 5.16. The molecule has 6 nitrogen and oxygen atoms in total. The van der Waals surface area contributed by atoms with E-state index in [2.05, 4.69) is 29.5 Å². The van der Waals surface area contributed by atoms with E-state index in [4.69, 9.17) is 5.73 Å². The van der Waals surface area contributed by atoms with Gasteiger partial charge in [-0.3, -0.25) is 9.59 Å². The smallest absolute Gasteiger partial charge is 0.309 e. The molecule has 1 aliphatic rings. The van der Waals surface area contributed by atoms with E-state index < -0.39 is 11.8 Å². The molecule has 0 aliphatic carbocycles. The fourth-order valence-electron chi connectivity index (χ4n) is 1.98. The molecule has 0 radical (unpaired) electrons. The normalized spacial score (nSPS) is 19.3. The second-order valence-electron chi connectivity index (χ2n) is 5.34. The Morgan fingerprint density at radius 2 is 1.78 bits per heavy atom. The fourth-order valence-corrected chi connectivity index (χ4v) is 1.98. The van der Waals surface area contributed by atoms with Crippen molar-refractivity contribution in [2.75, 3.05) is 39.8 Å². The van der Waals surface area contributed by atoms with Gasteiger partial charge in [0, 0.05) is 19.6 Å². The minimum absolute atomic E-state index is 0.0936. The number of nitrogens with zero attached hydrogens (tertiary/aromatic N) is 1. The highest BCUT2D eigenvalue weighted by Gasteiger charge is 2.29. The first-order valence-electron chi connectivity index (χ1n) is 6.41. The van der Waals surface area contributed by atoms with Crippen LogP contribution in [0, 0.1) is 5.41 Å². The number of nitrogens with two attached hydrogens (primary N) is 1. The Balaban J connectivity index is 2.31. The lowest BCUT2D eigenvalue weighted by molar-refractivity contribution is -0.139. The molecule has 4 N–H and O–H groups in total. The third kappa shape index (κ3) is 4.62. The lowest BCUT2D eigenvalue weighted by atomic mass is 9.80. The lowest BCUT2D eigenvalue weighted by Gasteiger charge is -2.37. The van der Waals surface area contributed by atoms with E-state index in [0.29, 0.717) is 19.6 Å². The third-order valence-corrected chi connectivity index (χ3v) is 3.51. The van der Waals surface area contributed by atoms with Gasteiger partial charge in [-0.2, -0.15) is 0 Å². The van der Waals surface area contributed by atoms with Crippen LogP contribution < -0.4 is 16.4 Å². The average Bonchev–Trinajstić information content (AvgIpc) is 2.37. The molecule has 0 atom stereocenters. The van der Waals surface area contributed by atoms with Crippen LogP contribution in [0.1, 0.15) is 19.8 Å². The Hall–Kier alpha value is -1.14. The average molecular weight is 256 g/mol. The summed E-state index contributed by atoms with van der Waals surface area (Å²) >= 11 is 0. The highest BCUT2D eigenvalue weighted by atomic mass is 16.2. The molecular formula is C12H24N4O2. The van der Waals surface area contributed by atoms with E-state index in [-0.39, 0.29) is 5.41 Å².